The number of nitrogens with one attached hydrogen (secondary N) is 1. The first-order valence-electron chi connectivity index (χ1n) is 7.80. The Morgan fingerprint density at radius 1 is 1.19 bits per heavy atom. The van der Waals surface area contributed by atoms with Gasteiger partial charge in [0.15, 0.2) is 5.82 Å². The highest BCUT2D eigenvalue weighted by Crippen LogP contribution is 2.30. The van der Waals surface area contributed by atoms with Gasteiger partial charge in [-0.15, -0.1) is 0 Å². The number of ether oxygens (including phenoxy) is 2. The molecule has 0 aromatic carbocycles. The summed E-state index contributed by atoms with van der Waals surface area (Å²) in [6, 6.07) is 2.02. The molecule has 1 heterocycles. The van der Waals surface area contributed by atoms with Crippen molar-refractivity contribution in [3.8, 4) is 0 Å². The van der Waals surface area contributed by atoms with Crippen molar-refractivity contribution in [2.75, 3.05) is 26.9 Å². The van der Waals surface area contributed by atoms with E-state index < -0.39 is 0 Å². The van der Waals surface area contributed by atoms with E-state index >= 15 is 0 Å². The SMILES string of the molecule is CCOC(CC)(CC)c1nc(C)cc(CNCCOC)n1. The minimum absolute atomic E-state index is 0.373. The van der Waals surface area contributed by atoms with Crippen LogP contribution in [0.1, 0.15) is 50.8 Å². The monoisotopic (exact) mass is 295 g/mol. The summed E-state index contributed by atoms with van der Waals surface area (Å²) in [5.41, 5.74) is 1.61. The molecule has 1 rings (SSSR count). The molecule has 0 amide bonds. The summed E-state index contributed by atoms with van der Waals surface area (Å²) in [4.78, 5) is 9.35. The summed E-state index contributed by atoms with van der Waals surface area (Å²) in [6.45, 7) is 11.2. The van der Waals surface area contributed by atoms with Crippen molar-refractivity contribution in [1.82, 2.24) is 15.3 Å². The number of hydrogen-bond acceptors (Lipinski definition) is 5. The van der Waals surface area contributed by atoms with Crippen LogP contribution in [0.5, 0.6) is 0 Å². The molecule has 5 nitrogen and oxygen atoms in total. The first kappa shape index (κ1) is 18.0. The maximum atomic E-state index is 6.00. The summed E-state index contributed by atoms with van der Waals surface area (Å²) in [7, 11) is 1.70. The third-order valence-electron chi connectivity index (χ3n) is 3.67. The Kier molecular flexibility index (Phi) is 7.78. The Morgan fingerprint density at radius 2 is 1.90 bits per heavy atom. The Morgan fingerprint density at radius 3 is 2.48 bits per heavy atom. The van der Waals surface area contributed by atoms with Crippen molar-refractivity contribution in [3.05, 3.63) is 23.3 Å². The van der Waals surface area contributed by atoms with Crippen molar-refractivity contribution in [3.63, 3.8) is 0 Å². The van der Waals surface area contributed by atoms with E-state index in [1.54, 1.807) is 7.11 Å². The van der Waals surface area contributed by atoms with Crippen LogP contribution >= 0.6 is 0 Å². The molecule has 0 fully saturated rings. The molecule has 0 spiro atoms. The van der Waals surface area contributed by atoms with E-state index in [4.69, 9.17) is 14.5 Å². The molecule has 0 aliphatic rings. The largest absolute Gasteiger partial charge is 0.383 e. The second-order valence-corrected chi connectivity index (χ2v) is 5.13. The predicted octanol–water partition coefficient (Wildman–Crippen LogP) is 2.57. The fourth-order valence-corrected chi connectivity index (χ4v) is 2.43. The van der Waals surface area contributed by atoms with Gasteiger partial charge in [0, 0.05) is 32.5 Å². The van der Waals surface area contributed by atoms with Crippen molar-refractivity contribution in [1.29, 1.82) is 0 Å². The van der Waals surface area contributed by atoms with Crippen LogP contribution in [0.4, 0.5) is 0 Å². The molecule has 0 aliphatic heterocycles. The van der Waals surface area contributed by atoms with Gasteiger partial charge in [0.1, 0.15) is 5.60 Å². The quantitative estimate of drug-likeness (QED) is 0.672. The van der Waals surface area contributed by atoms with Crippen LogP contribution in [0.25, 0.3) is 0 Å². The number of aromatic nitrogens is 2. The number of rotatable bonds is 10. The van der Waals surface area contributed by atoms with Crippen LogP contribution in [-0.4, -0.2) is 36.8 Å². The van der Waals surface area contributed by atoms with Gasteiger partial charge >= 0.3 is 0 Å². The molecule has 1 N–H and O–H groups in total. The summed E-state index contributed by atoms with van der Waals surface area (Å²) in [5, 5.41) is 3.32. The fourth-order valence-electron chi connectivity index (χ4n) is 2.43. The Labute approximate surface area is 128 Å². The molecule has 0 radical (unpaired) electrons. The molecule has 21 heavy (non-hydrogen) atoms. The second kappa shape index (κ2) is 9.07. The third-order valence-corrected chi connectivity index (χ3v) is 3.67. The molecule has 0 saturated heterocycles. The van der Waals surface area contributed by atoms with Crippen LogP contribution in [0.2, 0.25) is 0 Å². The number of hydrogen-bond donors (Lipinski definition) is 1. The Balaban J connectivity index is 2.93. The van der Waals surface area contributed by atoms with E-state index in [1.165, 1.54) is 0 Å². The molecule has 0 atom stereocenters. The molecule has 1 aromatic heterocycles. The van der Waals surface area contributed by atoms with E-state index in [2.05, 4.69) is 24.1 Å². The lowest BCUT2D eigenvalue weighted by molar-refractivity contribution is -0.0574. The molecule has 5 heteroatoms. The Hall–Kier alpha value is -1.04. The molecule has 1 aromatic rings. The highest BCUT2D eigenvalue weighted by molar-refractivity contribution is 5.14. The van der Waals surface area contributed by atoms with Gasteiger partial charge in [0.25, 0.3) is 0 Å². The zero-order chi connectivity index (χ0) is 15.7. The van der Waals surface area contributed by atoms with Gasteiger partial charge in [-0.05, 0) is 32.8 Å². The van der Waals surface area contributed by atoms with Crippen molar-refractivity contribution < 1.29 is 9.47 Å². The standard InChI is InChI=1S/C16H29N3O2/c1-6-16(7-2,21-8-3)15-18-13(4)11-14(19-15)12-17-9-10-20-5/h11,17H,6-10,12H2,1-5H3. The van der Waals surface area contributed by atoms with Gasteiger partial charge in [0.05, 0.1) is 12.3 Å². The average molecular weight is 295 g/mol. The number of methoxy groups -OCH3 is 1. The Bertz CT molecular complexity index is 420. The first-order valence-corrected chi connectivity index (χ1v) is 7.80. The smallest absolute Gasteiger partial charge is 0.160 e. The third kappa shape index (κ3) is 5.02. The van der Waals surface area contributed by atoms with Crippen LogP contribution in [0.3, 0.4) is 0 Å². The lowest BCUT2D eigenvalue weighted by Gasteiger charge is -2.30. The van der Waals surface area contributed by atoms with Crippen molar-refractivity contribution >= 4 is 0 Å². The summed E-state index contributed by atoms with van der Waals surface area (Å²) in [6.07, 6.45) is 1.74. The minimum atomic E-state index is -0.373. The van der Waals surface area contributed by atoms with E-state index in [1.807, 2.05) is 19.9 Å². The summed E-state index contributed by atoms with van der Waals surface area (Å²) < 4.78 is 11.0. The van der Waals surface area contributed by atoms with Crippen LogP contribution in [0.15, 0.2) is 6.07 Å². The van der Waals surface area contributed by atoms with Gasteiger partial charge in [0.2, 0.25) is 0 Å². The predicted molar refractivity (Wildman–Crippen MR) is 84.2 cm³/mol. The topological polar surface area (TPSA) is 56.3 Å². The van der Waals surface area contributed by atoms with Gasteiger partial charge in [-0.3, -0.25) is 0 Å². The zero-order valence-corrected chi connectivity index (χ0v) is 14.0. The zero-order valence-electron chi connectivity index (χ0n) is 14.0. The van der Waals surface area contributed by atoms with Crippen molar-refractivity contribution in [2.24, 2.45) is 0 Å². The molecule has 0 bridgehead atoms. The molecular formula is C16H29N3O2. The maximum absolute atomic E-state index is 6.00. The van der Waals surface area contributed by atoms with Crippen molar-refractivity contribution in [2.45, 2.75) is 52.7 Å². The van der Waals surface area contributed by atoms with Gasteiger partial charge in [-0.2, -0.15) is 0 Å². The molecule has 0 unspecified atom stereocenters. The van der Waals surface area contributed by atoms with Crippen LogP contribution < -0.4 is 5.32 Å². The highest BCUT2D eigenvalue weighted by Gasteiger charge is 2.32. The number of aryl methyl sites for hydroxylation is 1. The van der Waals surface area contributed by atoms with E-state index in [0.717, 1.165) is 43.1 Å². The van der Waals surface area contributed by atoms with E-state index in [9.17, 15) is 0 Å². The van der Waals surface area contributed by atoms with Crippen LogP contribution in [0, 0.1) is 6.92 Å². The highest BCUT2D eigenvalue weighted by atomic mass is 16.5. The lowest BCUT2D eigenvalue weighted by Crippen LogP contribution is -2.32. The molecule has 120 valence electrons. The summed E-state index contributed by atoms with van der Waals surface area (Å²) in [5.74, 6) is 0.804. The van der Waals surface area contributed by atoms with E-state index in [0.29, 0.717) is 13.2 Å². The average Bonchev–Trinajstić information content (AvgIpc) is 2.49. The summed E-state index contributed by atoms with van der Waals surface area (Å²) >= 11 is 0. The van der Waals surface area contributed by atoms with Gasteiger partial charge < -0.3 is 14.8 Å². The van der Waals surface area contributed by atoms with Crippen LogP contribution in [-0.2, 0) is 21.6 Å². The second-order valence-electron chi connectivity index (χ2n) is 5.13. The fraction of sp³-hybridized carbons (Fsp3) is 0.750. The normalized spacial score (nSPS) is 11.9. The molecule has 0 aliphatic carbocycles. The number of nitrogens with zero attached hydrogens (tertiary/aromatic N) is 2. The van der Waals surface area contributed by atoms with E-state index in [-0.39, 0.29) is 5.60 Å². The lowest BCUT2D eigenvalue weighted by atomic mass is 9.95. The van der Waals surface area contributed by atoms with Gasteiger partial charge in [-0.25, -0.2) is 9.97 Å². The molecule has 0 saturated carbocycles. The molecular weight excluding hydrogens is 266 g/mol. The van der Waals surface area contributed by atoms with Gasteiger partial charge in [-0.1, -0.05) is 13.8 Å². The maximum Gasteiger partial charge on any atom is 0.160 e. The minimum Gasteiger partial charge on any atom is -0.383 e. The first-order chi connectivity index (χ1) is 10.1.